The lowest BCUT2D eigenvalue weighted by atomic mass is 9.99. The normalized spacial score (nSPS) is 16.9. The van der Waals surface area contributed by atoms with Crippen LogP contribution in [0.3, 0.4) is 0 Å². The fourth-order valence-corrected chi connectivity index (χ4v) is 3.00. The first kappa shape index (κ1) is 17.3. The maximum atomic E-state index is 12.4. The number of aromatic nitrogens is 4. The molecule has 8 heteroatoms. The number of likely N-dealkylation sites (tertiary alicyclic amines) is 1. The van der Waals surface area contributed by atoms with E-state index in [2.05, 4.69) is 22.0 Å². The highest BCUT2D eigenvalue weighted by molar-refractivity contribution is 5.89. The number of nitrogens with zero attached hydrogens (tertiary/aromatic N) is 5. The molecule has 0 aromatic carbocycles. The number of ether oxygens (including phenoxy) is 1. The summed E-state index contributed by atoms with van der Waals surface area (Å²) in [4.78, 5) is 34.8. The van der Waals surface area contributed by atoms with E-state index in [0.29, 0.717) is 24.8 Å². The maximum Gasteiger partial charge on any atom is 0.379 e. The van der Waals surface area contributed by atoms with Crippen LogP contribution in [0.2, 0.25) is 0 Å². The molecule has 0 aliphatic carbocycles. The minimum absolute atomic E-state index is 0.0897. The fourth-order valence-electron chi connectivity index (χ4n) is 3.00. The summed E-state index contributed by atoms with van der Waals surface area (Å²) >= 11 is 0. The van der Waals surface area contributed by atoms with Crippen LogP contribution in [-0.4, -0.2) is 55.6 Å². The van der Waals surface area contributed by atoms with Crippen molar-refractivity contribution in [3.63, 3.8) is 0 Å². The van der Waals surface area contributed by atoms with Gasteiger partial charge in [-0.05, 0) is 45.6 Å². The number of hydrogen-bond acceptors (Lipinski definition) is 6. The van der Waals surface area contributed by atoms with Crippen molar-refractivity contribution in [1.82, 2.24) is 24.5 Å². The van der Waals surface area contributed by atoms with Crippen LogP contribution < -0.4 is 0 Å². The monoisotopic (exact) mass is 345 g/mol. The highest BCUT2D eigenvalue weighted by Crippen LogP contribution is 2.17. The Kier molecular flexibility index (Phi) is 4.69. The number of fused-ring (bicyclic) bond motifs is 1. The smallest absolute Gasteiger partial charge is 0.379 e. The summed E-state index contributed by atoms with van der Waals surface area (Å²) in [5.74, 6) is -0.00668. The van der Waals surface area contributed by atoms with Crippen molar-refractivity contribution in [2.45, 2.75) is 46.6 Å². The van der Waals surface area contributed by atoms with Gasteiger partial charge in [0.2, 0.25) is 0 Å². The second-order valence-corrected chi connectivity index (χ2v) is 6.74. The molecule has 1 fully saturated rings. The molecule has 0 saturated carbocycles. The molecule has 3 heterocycles. The molecule has 2 aromatic heterocycles. The topological polar surface area (TPSA) is 89.7 Å². The molecule has 25 heavy (non-hydrogen) atoms. The standard InChI is InChI=1S/C17H23N5O3/c1-10-5-7-21(8-6-10)15(23)13(4)25-16(24)14-19-17-18-11(2)9-12(3)22(17)20-14/h9-10,13H,5-8H2,1-4H3/t13-/m1/s1. The van der Waals surface area contributed by atoms with E-state index < -0.39 is 12.1 Å². The molecule has 0 bridgehead atoms. The van der Waals surface area contributed by atoms with Gasteiger partial charge in [-0.15, -0.1) is 5.10 Å². The van der Waals surface area contributed by atoms with Crippen LogP contribution >= 0.6 is 0 Å². The fraction of sp³-hybridized carbons (Fsp3) is 0.588. The largest absolute Gasteiger partial charge is 0.447 e. The molecule has 8 nitrogen and oxygen atoms in total. The predicted molar refractivity (Wildman–Crippen MR) is 90.1 cm³/mol. The lowest BCUT2D eigenvalue weighted by molar-refractivity contribution is -0.141. The summed E-state index contributed by atoms with van der Waals surface area (Å²) in [6.45, 7) is 8.88. The van der Waals surface area contributed by atoms with Gasteiger partial charge in [0.05, 0.1) is 0 Å². The molecule has 1 saturated heterocycles. The van der Waals surface area contributed by atoms with E-state index in [1.54, 1.807) is 11.8 Å². The van der Waals surface area contributed by atoms with Crippen molar-refractivity contribution in [3.8, 4) is 0 Å². The molecule has 134 valence electrons. The molecule has 1 aliphatic rings. The summed E-state index contributed by atoms with van der Waals surface area (Å²) in [5, 5.41) is 4.13. The van der Waals surface area contributed by atoms with Gasteiger partial charge in [0.15, 0.2) is 6.10 Å². The van der Waals surface area contributed by atoms with Crippen molar-refractivity contribution < 1.29 is 14.3 Å². The Balaban J connectivity index is 1.69. The van der Waals surface area contributed by atoms with Gasteiger partial charge in [0.1, 0.15) is 0 Å². The third kappa shape index (κ3) is 3.62. The van der Waals surface area contributed by atoms with Crippen LogP contribution in [0.1, 0.15) is 48.7 Å². The molecule has 3 rings (SSSR count). The highest BCUT2D eigenvalue weighted by atomic mass is 16.5. The van der Waals surface area contributed by atoms with Gasteiger partial charge < -0.3 is 9.64 Å². The SMILES string of the molecule is Cc1cc(C)n2nc(C(=O)O[C@H](C)C(=O)N3CCC(C)CC3)nc2n1. The zero-order valence-electron chi connectivity index (χ0n) is 15.0. The zero-order chi connectivity index (χ0) is 18.1. The Bertz CT molecular complexity index is 808. The average Bonchev–Trinajstić information content (AvgIpc) is 2.99. The lowest BCUT2D eigenvalue weighted by Gasteiger charge is -2.31. The van der Waals surface area contributed by atoms with Crippen molar-refractivity contribution in [3.05, 3.63) is 23.3 Å². The van der Waals surface area contributed by atoms with Crippen molar-refractivity contribution in [2.24, 2.45) is 5.92 Å². The van der Waals surface area contributed by atoms with Gasteiger partial charge in [-0.2, -0.15) is 4.98 Å². The first-order valence-corrected chi connectivity index (χ1v) is 8.56. The first-order valence-electron chi connectivity index (χ1n) is 8.56. The number of rotatable bonds is 3. The van der Waals surface area contributed by atoms with Gasteiger partial charge in [-0.3, -0.25) is 4.79 Å². The second-order valence-electron chi connectivity index (χ2n) is 6.74. The summed E-state index contributed by atoms with van der Waals surface area (Å²) in [7, 11) is 0. The summed E-state index contributed by atoms with van der Waals surface area (Å²) < 4.78 is 6.77. The van der Waals surface area contributed by atoms with E-state index in [9.17, 15) is 9.59 Å². The summed E-state index contributed by atoms with van der Waals surface area (Å²) in [6.07, 6.45) is 1.10. The van der Waals surface area contributed by atoms with E-state index >= 15 is 0 Å². The maximum absolute atomic E-state index is 12.4. The second kappa shape index (κ2) is 6.78. The number of piperidine rings is 1. The molecule has 0 spiro atoms. The third-order valence-electron chi connectivity index (χ3n) is 4.53. The Morgan fingerprint density at radius 2 is 1.92 bits per heavy atom. The van der Waals surface area contributed by atoms with Gasteiger partial charge in [-0.1, -0.05) is 6.92 Å². The molecular weight excluding hydrogens is 322 g/mol. The van der Waals surface area contributed by atoms with E-state index in [0.717, 1.165) is 24.2 Å². The Morgan fingerprint density at radius 3 is 2.60 bits per heavy atom. The molecule has 0 radical (unpaired) electrons. The van der Waals surface area contributed by atoms with E-state index in [4.69, 9.17) is 4.74 Å². The summed E-state index contributed by atoms with van der Waals surface area (Å²) in [6, 6.07) is 1.85. The highest BCUT2D eigenvalue weighted by Gasteiger charge is 2.28. The van der Waals surface area contributed by atoms with Crippen LogP contribution in [0, 0.1) is 19.8 Å². The number of aryl methyl sites for hydroxylation is 2. The summed E-state index contributed by atoms with van der Waals surface area (Å²) in [5.41, 5.74) is 1.61. The van der Waals surface area contributed by atoms with Crippen molar-refractivity contribution in [1.29, 1.82) is 0 Å². The molecular formula is C17H23N5O3. The Labute approximate surface area is 146 Å². The molecule has 2 aromatic rings. The quantitative estimate of drug-likeness (QED) is 0.784. The predicted octanol–water partition coefficient (Wildman–Crippen LogP) is 1.54. The number of esters is 1. The molecule has 0 unspecified atom stereocenters. The lowest BCUT2D eigenvalue weighted by Crippen LogP contribution is -2.44. The Morgan fingerprint density at radius 1 is 1.24 bits per heavy atom. The minimum atomic E-state index is -0.858. The van der Waals surface area contributed by atoms with Crippen LogP contribution in [0.5, 0.6) is 0 Å². The number of carbonyl (C=O) groups is 2. The van der Waals surface area contributed by atoms with Gasteiger partial charge in [0.25, 0.3) is 17.5 Å². The zero-order valence-corrected chi connectivity index (χ0v) is 15.0. The van der Waals surface area contributed by atoms with Crippen molar-refractivity contribution >= 4 is 17.7 Å². The van der Waals surface area contributed by atoms with E-state index in [1.807, 2.05) is 19.9 Å². The van der Waals surface area contributed by atoms with Crippen LogP contribution in [0.25, 0.3) is 5.78 Å². The van der Waals surface area contributed by atoms with Crippen LogP contribution in [-0.2, 0) is 9.53 Å². The van der Waals surface area contributed by atoms with Gasteiger partial charge >= 0.3 is 5.97 Å². The van der Waals surface area contributed by atoms with Crippen LogP contribution in [0.15, 0.2) is 6.07 Å². The first-order chi connectivity index (χ1) is 11.8. The molecule has 1 amide bonds. The Hall–Kier alpha value is -2.51. The van der Waals surface area contributed by atoms with Gasteiger partial charge in [0, 0.05) is 24.5 Å². The molecule has 0 N–H and O–H groups in total. The number of hydrogen-bond donors (Lipinski definition) is 0. The molecule has 1 aliphatic heterocycles. The number of carbonyl (C=O) groups excluding carboxylic acids is 2. The van der Waals surface area contributed by atoms with E-state index in [1.165, 1.54) is 4.52 Å². The number of amides is 1. The molecule has 1 atom stereocenters. The minimum Gasteiger partial charge on any atom is -0.447 e. The van der Waals surface area contributed by atoms with Gasteiger partial charge in [-0.25, -0.2) is 14.3 Å². The average molecular weight is 345 g/mol. The van der Waals surface area contributed by atoms with Crippen molar-refractivity contribution in [2.75, 3.05) is 13.1 Å². The third-order valence-corrected chi connectivity index (χ3v) is 4.53. The van der Waals surface area contributed by atoms with Crippen LogP contribution in [0.4, 0.5) is 0 Å². The van der Waals surface area contributed by atoms with E-state index in [-0.39, 0.29) is 11.7 Å².